The molecule has 0 spiro atoms. The number of carbonyl (C=O) groups is 2. The van der Waals surface area contributed by atoms with Gasteiger partial charge >= 0.3 is 5.97 Å². The van der Waals surface area contributed by atoms with Gasteiger partial charge in [0.2, 0.25) is 0 Å². The molecule has 1 heterocycles. The van der Waals surface area contributed by atoms with Gasteiger partial charge in [-0.25, -0.2) is 0 Å². The van der Waals surface area contributed by atoms with Crippen LogP contribution in [0.1, 0.15) is 31.1 Å². The molecule has 0 bridgehead atoms. The summed E-state index contributed by atoms with van der Waals surface area (Å²) in [6.45, 7) is 6.14. The molecule has 0 radical (unpaired) electrons. The number of nitrogen functional groups attached to an aromatic ring is 1. The molecular weight excluding hydrogens is 330 g/mol. The molecule has 1 unspecified atom stereocenters. The number of nitrogens with one attached hydrogen (secondary N) is 1. The number of thioether (sulfide) groups is 1. The molecule has 0 saturated carbocycles. The van der Waals surface area contributed by atoms with E-state index in [0.717, 1.165) is 0 Å². The summed E-state index contributed by atoms with van der Waals surface area (Å²) in [6, 6.07) is 4.84. The third-order valence-electron chi connectivity index (χ3n) is 2.99. The van der Waals surface area contributed by atoms with Gasteiger partial charge in [-0.05, 0) is 32.9 Å². The van der Waals surface area contributed by atoms with Crippen LogP contribution < -0.4 is 15.8 Å². The lowest BCUT2D eigenvalue weighted by Crippen LogP contribution is -2.29. The zero-order chi connectivity index (χ0) is 17.7. The average molecular weight is 351 g/mol. The second-order valence-electron chi connectivity index (χ2n) is 5.42. The van der Waals surface area contributed by atoms with E-state index in [0.29, 0.717) is 28.8 Å². The Morgan fingerprint density at radius 1 is 1.42 bits per heavy atom. The molecule has 1 aromatic carbocycles. The topological polar surface area (TPSA) is 103 Å². The van der Waals surface area contributed by atoms with Crippen LogP contribution in [0.3, 0.4) is 0 Å². The van der Waals surface area contributed by atoms with Crippen molar-refractivity contribution < 1.29 is 19.1 Å². The number of anilines is 1. The maximum atomic E-state index is 12.4. The second-order valence-corrected chi connectivity index (χ2v) is 6.61. The van der Waals surface area contributed by atoms with E-state index in [9.17, 15) is 9.59 Å². The van der Waals surface area contributed by atoms with Crippen LogP contribution in [0.4, 0.5) is 5.69 Å². The first-order valence-electron chi connectivity index (χ1n) is 7.65. The number of amides is 1. The van der Waals surface area contributed by atoms with E-state index < -0.39 is 5.25 Å². The van der Waals surface area contributed by atoms with E-state index in [4.69, 9.17) is 15.2 Å². The van der Waals surface area contributed by atoms with Crippen molar-refractivity contribution in [2.45, 2.75) is 32.1 Å². The van der Waals surface area contributed by atoms with Gasteiger partial charge in [0.1, 0.15) is 11.0 Å². The molecule has 0 aromatic heterocycles. The maximum Gasteiger partial charge on any atom is 0.321 e. The smallest absolute Gasteiger partial charge is 0.321 e. The highest BCUT2D eigenvalue weighted by atomic mass is 32.2. The Morgan fingerprint density at radius 2 is 2.17 bits per heavy atom. The van der Waals surface area contributed by atoms with Crippen molar-refractivity contribution in [3.8, 4) is 5.75 Å². The van der Waals surface area contributed by atoms with Crippen LogP contribution in [0.5, 0.6) is 5.75 Å². The van der Waals surface area contributed by atoms with E-state index >= 15 is 0 Å². The summed E-state index contributed by atoms with van der Waals surface area (Å²) in [7, 11) is 0. The maximum absolute atomic E-state index is 12.4. The molecule has 1 atom stereocenters. The normalized spacial score (nSPS) is 16.7. The van der Waals surface area contributed by atoms with Gasteiger partial charge in [-0.1, -0.05) is 11.8 Å². The summed E-state index contributed by atoms with van der Waals surface area (Å²) < 4.78 is 10.5. The summed E-state index contributed by atoms with van der Waals surface area (Å²) in [5.74, 6) is -0.153. The average Bonchev–Trinajstić information content (AvgIpc) is 2.94. The van der Waals surface area contributed by atoms with Gasteiger partial charge in [0.25, 0.3) is 5.91 Å². The van der Waals surface area contributed by atoms with Gasteiger partial charge in [0.15, 0.2) is 5.17 Å². The molecule has 130 valence electrons. The SMILES string of the molecule is CCOC(=O)C1CN=C(NC(=O)c2cc(N)cc(OC(C)C)c2)S1. The van der Waals surface area contributed by atoms with Crippen molar-refractivity contribution in [2.24, 2.45) is 4.99 Å². The van der Waals surface area contributed by atoms with Crippen molar-refractivity contribution in [1.29, 1.82) is 0 Å². The summed E-state index contributed by atoms with van der Waals surface area (Å²) >= 11 is 1.18. The molecule has 24 heavy (non-hydrogen) atoms. The van der Waals surface area contributed by atoms with Crippen LogP contribution in [-0.2, 0) is 9.53 Å². The molecule has 0 aliphatic carbocycles. The summed E-state index contributed by atoms with van der Waals surface area (Å²) in [5.41, 5.74) is 6.62. The zero-order valence-corrected chi connectivity index (χ0v) is 14.7. The number of hydrogen-bond acceptors (Lipinski definition) is 7. The predicted octanol–water partition coefficient (Wildman–Crippen LogP) is 1.82. The Labute approximate surface area is 145 Å². The Balaban J connectivity index is 2.00. The van der Waals surface area contributed by atoms with Crippen LogP contribution in [0.15, 0.2) is 23.2 Å². The molecule has 0 fully saturated rings. The fourth-order valence-corrected chi connectivity index (χ4v) is 2.95. The number of ether oxygens (including phenoxy) is 2. The van der Waals surface area contributed by atoms with Crippen molar-refractivity contribution in [3.63, 3.8) is 0 Å². The van der Waals surface area contributed by atoms with E-state index in [1.54, 1.807) is 25.1 Å². The molecule has 0 saturated heterocycles. The van der Waals surface area contributed by atoms with Gasteiger partial charge < -0.3 is 20.5 Å². The van der Waals surface area contributed by atoms with Gasteiger partial charge in [-0.15, -0.1) is 0 Å². The lowest BCUT2D eigenvalue weighted by molar-refractivity contribution is -0.142. The van der Waals surface area contributed by atoms with Crippen molar-refractivity contribution >= 4 is 34.5 Å². The first-order valence-corrected chi connectivity index (χ1v) is 8.53. The van der Waals surface area contributed by atoms with Crippen molar-refractivity contribution in [2.75, 3.05) is 18.9 Å². The lowest BCUT2D eigenvalue weighted by atomic mass is 10.1. The van der Waals surface area contributed by atoms with Crippen molar-refractivity contribution in [1.82, 2.24) is 5.32 Å². The van der Waals surface area contributed by atoms with Gasteiger partial charge in [0.05, 0.1) is 19.3 Å². The quantitative estimate of drug-likeness (QED) is 0.619. The molecular formula is C16H21N3O4S. The monoisotopic (exact) mass is 351 g/mol. The Bertz CT molecular complexity index is 661. The predicted molar refractivity (Wildman–Crippen MR) is 94.4 cm³/mol. The van der Waals surface area contributed by atoms with Gasteiger partial charge in [-0.3, -0.25) is 14.6 Å². The zero-order valence-electron chi connectivity index (χ0n) is 13.9. The minimum absolute atomic E-state index is 0.0252. The van der Waals surface area contributed by atoms with Crippen LogP contribution in [0.25, 0.3) is 0 Å². The first-order chi connectivity index (χ1) is 11.4. The standard InChI is InChI=1S/C16H21N3O4S/c1-4-22-15(21)13-8-18-16(24-13)19-14(20)10-5-11(17)7-12(6-10)23-9(2)3/h5-7,9,13H,4,8,17H2,1-3H3,(H,18,19,20). The molecule has 1 aliphatic rings. The molecule has 2 rings (SSSR count). The second kappa shape index (κ2) is 8.05. The number of hydrogen-bond donors (Lipinski definition) is 2. The number of nitrogens with two attached hydrogens (primary N) is 1. The Morgan fingerprint density at radius 3 is 2.83 bits per heavy atom. The number of nitrogens with zero attached hydrogens (tertiary/aromatic N) is 1. The largest absolute Gasteiger partial charge is 0.491 e. The number of benzene rings is 1. The minimum Gasteiger partial charge on any atom is -0.491 e. The summed E-state index contributed by atoms with van der Waals surface area (Å²) in [6.07, 6.45) is -0.0252. The molecule has 3 N–H and O–H groups in total. The van der Waals surface area contributed by atoms with Gasteiger partial charge in [0, 0.05) is 17.3 Å². The van der Waals surface area contributed by atoms with E-state index in [1.165, 1.54) is 11.8 Å². The fourth-order valence-electron chi connectivity index (χ4n) is 2.06. The van der Waals surface area contributed by atoms with Crippen LogP contribution >= 0.6 is 11.8 Å². The third kappa shape index (κ3) is 4.89. The molecule has 7 nitrogen and oxygen atoms in total. The first kappa shape index (κ1) is 18.1. The highest BCUT2D eigenvalue weighted by molar-refractivity contribution is 8.15. The van der Waals surface area contributed by atoms with E-state index in [1.807, 2.05) is 13.8 Å². The highest BCUT2D eigenvalue weighted by Crippen LogP contribution is 2.23. The van der Waals surface area contributed by atoms with Crippen LogP contribution in [0.2, 0.25) is 0 Å². The van der Waals surface area contributed by atoms with E-state index in [-0.39, 0.29) is 24.5 Å². The molecule has 1 amide bonds. The minimum atomic E-state index is -0.416. The van der Waals surface area contributed by atoms with E-state index in [2.05, 4.69) is 10.3 Å². The number of amidine groups is 1. The van der Waals surface area contributed by atoms with Crippen LogP contribution in [-0.4, -0.2) is 41.5 Å². The Kier molecular flexibility index (Phi) is 6.08. The fraction of sp³-hybridized carbons (Fsp3) is 0.438. The van der Waals surface area contributed by atoms with Crippen molar-refractivity contribution in [3.05, 3.63) is 23.8 Å². The number of rotatable bonds is 5. The number of aliphatic imine (C=N–C) groups is 1. The van der Waals surface area contributed by atoms with Gasteiger partial charge in [-0.2, -0.15) is 0 Å². The molecule has 8 heteroatoms. The third-order valence-corrected chi connectivity index (χ3v) is 4.07. The number of carbonyl (C=O) groups excluding carboxylic acids is 2. The molecule has 1 aliphatic heterocycles. The lowest BCUT2D eigenvalue weighted by Gasteiger charge is -2.12. The Hall–Kier alpha value is -2.22. The number of esters is 1. The molecule has 1 aromatic rings. The summed E-state index contributed by atoms with van der Waals surface area (Å²) in [4.78, 5) is 28.2. The van der Waals surface area contributed by atoms with Crippen LogP contribution in [0, 0.1) is 0 Å². The summed E-state index contributed by atoms with van der Waals surface area (Å²) in [5, 5.41) is 2.66. The highest BCUT2D eigenvalue weighted by Gasteiger charge is 2.28.